The summed E-state index contributed by atoms with van der Waals surface area (Å²) in [6.45, 7) is 1.86. The third-order valence-corrected chi connectivity index (χ3v) is 3.96. The zero-order chi connectivity index (χ0) is 17.5. The van der Waals surface area contributed by atoms with Crippen LogP contribution in [0, 0.1) is 11.2 Å². The topological polar surface area (TPSA) is 71.4 Å². The Morgan fingerprint density at radius 3 is 2.75 bits per heavy atom. The van der Waals surface area contributed by atoms with Gasteiger partial charge in [0, 0.05) is 6.04 Å². The molecular weight excluding hydrogens is 311 g/mol. The average molecular weight is 334 g/mol. The van der Waals surface area contributed by atoms with Crippen LogP contribution in [0.3, 0.4) is 0 Å². The monoisotopic (exact) mass is 334 g/mol. The molecule has 0 saturated heterocycles. The predicted molar refractivity (Wildman–Crippen MR) is 90.7 cm³/mol. The lowest BCUT2D eigenvalue weighted by molar-refractivity contribution is -0.135. The number of ether oxygens (including phenoxy) is 2. The standard InChI is InChI=1S/C18H23FN2O3/c1-3-24-18(22)14(20)11-15(21-12-7-4-5-8-12)17-13(19)9-6-10-16(17)23-2/h6,9-12,20-21H,3-5,7-8H2,1-2H3/b15-11-,20-14?. The summed E-state index contributed by atoms with van der Waals surface area (Å²) in [5, 5.41) is 11.2. The number of rotatable bonds is 7. The number of methoxy groups -OCH3 is 1. The van der Waals surface area contributed by atoms with E-state index in [2.05, 4.69) is 5.32 Å². The Bertz CT molecular complexity index is 637. The Morgan fingerprint density at radius 1 is 1.42 bits per heavy atom. The van der Waals surface area contributed by atoms with Crippen LogP contribution in [0.5, 0.6) is 5.75 Å². The van der Waals surface area contributed by atoms with Crippen molar-refractivity contribution in [2.24, 2.45) is 0 Å². The number of hydrogen-bond donors (Lipinski definition) is 2. The molecule has 1 saturated carbocycles. The van der Waals surface area contributed by atoms with Gasteiger partial charge in [0.15, 0.2) is 0 Å². The van der Waals surface area contributed by atoms with Crippen molar-refractivity contribution in [3.63, 3.8) is 0 Å². The highest BCUT2D eigenvalue weighted by molar-refractivity contribution is 6.41. The lowest BCUT2D eigenvalue weighted by Crippen LogP contribution is -2.27. The summed E-state index contributed by atoms with van der Waals surface area (Å²) in [5.74, 6) is -0.857. The zero-order valence-corrected chi connectivity index (χ0v) is 14.0. The second-order valence-electron chi connectivity index (χ2n) is 5.63. The fourth-order valence-corrected chi connectivity index (χ4v) is 2.82. The summed E-state index contributed by atoms with van der Waals surface area (Å²) in [5.41, 5.74) is 0.263. The van der Waals surface area contributed by atoms with E-state index in [1.807, 2.05) is 0 Å². The molecule has 5 nitrogen and oxygen atoms in total. The molecule has 1 aromatic carbocycles. The van der Waals surface area contributed by atoms with Gasteiger partial charge in [0.25, 0.3) is 0 Å². The van der Waals surface area contributed by atoms with E-state index < -0.39 is 11.8 Å². The second kappa shape index (κ2) is 8.47. The Balaban J connectivity index is 2.39. The van der Waals surface area contributed by atoms with E-state index >= 15 is 0 Å². The van der Waals surface area contributed by atoms with Crippen molar-refractivity contribution in [2.45, 2.75) is 38.6 Å². The first kappa shape index (κ1) is 18.0. The summed E-state index contributed by atoms with van der Waals surface area (Å²) >= 11 is 0. The van der Waals surface area contributed by atoms with Crippen LogP contribution in [0.2, 0.25) is 0 Å². The number of nitrogens with one attached hydrogen (secondary N) is 2. The molecule has 2 N–H and O–H groups in total. The van der Waals surface area contributed by atoms with E-state index in [9.17, 15) is 9.18 Å². The minimum atomic E-state index is -0.737. The number of carbonyl (C=O) groups is 1. The third kappa shape index (κ3) is 4.34. The van der Waals surface area contributed by atoms with Crippen molar-refractivity contribution < 1.29 is 18.7 Å². The van der Waals surface area contributed by atoms with Crippen LogP contribution in [-0.4, -0.2) is 31.4 Å². The Labute approximate surface area is 141 Å². The van der Waals surface area contributed by atoms with Gasteiger partial charge in [0.05, 0.1) is 25.0 Å². The summed E-state index contributed by atoms with van der Waals surface area (Å²) < 4.78 is 24.5. The minimum Gasteiger partial charge on any atom is -0.496 e. The Hall–Kier alpha value is -2.37. The first-order valence-corrected chi connectivity index (χ1v) is 8.13. The van der Waals surface area contributed by atoms with Crippen LogP contribution in [-0.2, 0) is 9.53 Å². The molecule has 0 heterocycles. The highest BCUT2D eigenvalue weighted by Crippen LogP contribution is 2.29. The molecule has 0 atom stereocenters. The van der Waals surface area contributed by atoms with Gasteiger partial charge in [0.1, 0.15) is 17.3 Å². The SMILES string of the molecule is CCOC(=O)C(=N)/C=C(\NC1CCCC1)c1c(F)cccc1OC. The Kier molecular flexibility index (Phi) is 6.35. The summed E-state index contributed by atoms with van der Waals surface area (Å²) in [4.78, 5) is 11.7. The highest BCUT2D eigenvalue weighted by atomic mass is 19.1. The van der Waals surface area contributed by atoms with E-state index in [-0.39, 0.29) is 23.9 Å². The fraction of sp³-hybridized carbons (Fsp3) is 0.444. The number of halogens is 1. The van der Waals surface area contributed by atoms with E-state index in [4.69, 9.17) is 14.9 Å². The van der Waals surface area contributed by atoms with Crippen LogP contribution < -0.4 is 10.1 Å². The van der Waals surface area contributed by atoms with Crippen LogP contribution in [0.4, 0.5) is 4.39 Å². The maximum atomic E-state index is 14.4. The average Bonchev–Trinajstić information content (AvgIpc) is 3.07. The van der Waals surface area contributed by atoms with Crippen LogP contribution in [0.15, 0.2) is 24.3 Å². The molecule has 0 aromatic heterocycles. The predicted octanol–water partition coefficient (Wildman–Crippen LogP) is 3.29. The van der Waals surface area contributed by atoms with E-state index in [0.717, 1.165) is 25.7 Å². The summed E-state index contributed by atoms with van der Waals surface area (Å²) in [6.07, 6.45) is 5.47. The normalized spacial score (nSPS) is 15.2. The van der Waals surface area contributed by atoms with Crippen molar-refractivity contribution in [1.29, 1.82) is 5.41 Å². The molecule has 0 spiro atoms. The molecule has 1 aliphatic carbocycles. The van der Waals surface area contributed by atoms with Crippen LogP contribution in [0.1, 0.15) is 38.2 Å². The molecule has 0 unspecified atom stereocenters. The van der Waals surface area contributed by atoms with Crippen molar-refractivity contribution in [2.75, 3.05) is 13.7 Å². The fourth-order valence-electron chi connectivity index (χ4n) is 2.82. The molecule has 2 rings (SSSR count). The van der Waals surface area contributed by atoms with Gasteiger partial charge in [-0.25, -0.2) is 9.18 Å². The molecule has 1 fully saturated rings. The van der Waals surface area contributed by atoms with E-state index in [0.29, 0.717) is 11.4 Å². The smallest absolute Gasteiger partial charge is 0.356 e. The van der Waals surface area contributed by atoms with Crippen molar-refractivity contribution in [3.05, 3.63) is 35.7 Å². The lowest BCUT2D eigenvalue weighted by Gasteiger charge is -2.19. The van der Waals surface area contributed by atoms with Crippen LogP contribution in [0.25, 0.3) is 5.70 Å². The maximum Gasteiger partial charge on any atom is 0.356 e. The van der Waals surface area contributed by atoms with Crippen LogP contribution >= 0.6 is 0 Å². The van der Waals surface area contributed by atoms with Crippen molar-refractivity contribution >= 4 is 17.4 Å². The first-order chi connectivity index (χ1) is 11.6. The van der Waals surface area contributed by atoms with Gasteiger partial charge in [-0.1, -0.05) is 18.9 Å². The first-order valence-electron chi connectivity index (χ1n) is 8.13. The largest absolute Gasteiger partial charge is 0.496 e. The van der Waals surface area contributed by atoms with Gasteiger partial charge in [-0.2, -0.15) is 0 Å². The quantitative estimate of drug-likeness (QED) is 0.593. The summed E-state index contributed by atoms with van der Waals surface area (Å²) in [6, 6.07) is 4.73. The minimum absolute atomic E-state index is 0.184. The number of esters is 1. The maximum absolute atomic E-state index is 14.4. The van der Waals surface area contributed by atoms with E-state index in [1.165, 1.54) is 19.3 Å². The molecule has 0 aliphatic heterocycles. The number of benzene rings is 1. The Morgan fingerprint density at radius 2 is 2.12 bits per heavy atom. The zero-order valence-electron chi connectivity index (χ0n) is 14.0. The molecule has 130 valence electrons. The lowest BCUT2D eigenvalue weighted by atomic mass is 10.1. The van der Waals surface area contributed by atoms with Crippen molar-refractivity contribution in [1.82, 2.24) is 5.32 Å². The molecular formula is C18H23FN2O3. The molecule has 24 heavy (non-hydrogen) atoms. The molecule has 0 amide bonds. The molecule has 0 bridgehead atoms. The highest BCUT2D eigenvalue weighted by Gasteiger charge is 2.22. The van der Waals surface area contributed by atoms with Gasteiger partial charge in [-0.05, 0) is 38.0 Å². The van der Waals surface area contributed by atoms with Gasteiger partial charge in [-0.3, -0.25) is 5.41 Å². The molecule has 0 radical (unpaired) electrons. The van der Waals surface area contributed by atoms with Gasteiger partial charge in [-0.15, -0.1) is 0 Å². The molecule has 6 heteroatoms. The van der Waals surface area contributed by atoms with Gasteiger partial charge < -0.3 is 14.8 Å². The van der Waals surface area contributed by atoms with Gasteiger partial charge >= 0.3 is 5.97 Å². The third-order valence-electron chi connectivity index (χ3n) is 3.96. The van der Waals surface area contributed by atoms with Crippen molar-refractivity contribution in [3.8, 4) is 5.75 Å². The summed E-state index contributed by atoms with van der Waals surface area (Å²) in [7, 11) is 1.46. The van der Waals surface area contributed by atoms with Gasteiger partial charge in [0.2, 0.25) is 0 Å². The second-order valence-corrected chi connectivity index (χ2v) is 5.63. The molecule has 1 aliphatic rings. The number of carbonyl (C=O) groups excluding carboxylic acids is 1. The molecule has 1 aromatic rings. The van der Waals surface area contributed by atoms with E-state index in [1.54, 1.807) is 19.1 Å². The number of hydrogen-bond acceptors (Lipinski definition) is 5.